The molecule has 178 valence electrons. The molecular weight excluding hydrogens is 443 g/mol. The second-order valence-electron chi connectivity index (χ2n) is 8.99. The number of anilines is 2. The molecule has 2 aliphatic rings. The molecule has 4 rings (SSSR count). The molecule has 0 spiro atoms. The van der Waals surface area contributed by atoms with Crippen LogP contribution >= 0.6 is 0 Å². The van der Waals surface area contributed by atoms with Gasteiger partial charge in [-0.15, -0.1) is 0 Å². The highest BCUT2D eigenvalue weighted by atomic mass is 32.2. The zero-order chi connectivity index (χ0) is 23.8. The molecule has 1 aromatic heterocycles. The lowest BCUT2D eigenvalue weighted by Crippen LogP contribution is -2.47. The summed E-state index contributed by atoms with van der Waals surface area (Å²) in [5.41, 5.74) is 2.56. The number of nitrogens with one attached hydrogen (secondary N) is 1. The molecule has 1 aromatic carbocycles. The van der Waals surface area contributed by atoms with Gasteiger partial charge < -0.3 is 15.1 Å². The van der Waals surface area contributed by atoms with Crippen molar-refractivity contribution in [3.8, 4) is 0 Å². The van der Waals surface area contributed by atoms with Gasteiger partial charge in [-0.3, -0.25) is 4.79 Å². The topological polar surface area (TPSA) is 82.6 Å². The summed E-state index contributed by atoms with van der Waals surface area (Å²) in [4.78, 5) is 21.8. The van der Waals surface area contributed by atoms with Gasteiger partial charge in [0.25, 0.3) is 0 Å². The zero-order valence-corrected chi connectivity index (χ0v) is 20.2. The van der Waals surface area contributed by atoms with Crippen LogP contribution in [0, 0.1) is 12.7 Å². The molecule has 2 aromatic rings. The number of benzene rings is 1. The second kappa shape index (κ2) is 9.29. The van der Waals surface area contributed by atoms with E-state index in [1.807, 2.05) is 11.1 Å². The van der Waals surface area contributed by atoms with Crippen molar-refractivity contribution >= 4 is 27.2 Å². The van der Waals surface area contributed by atoms with E-state index in [2.05, 4.69) is 35.1 Å². The Morgan fingerprint density at radius 2 is 1.88 bits per heavy atom. The van der Waals surface area contributed by atoms with E-state index in [1.165, 1.54) is 23.3 Å². The van der Waals surface area contributed by atoms with Crippen molar-refractivity contribution in [1.29, 1.82) is 0 Å². The number of piperidine rings is 1. The van der Waals surface area contributed by atoms with Crippen LogP contribution in [0.15, 0.2) is 35.4 Å². The van der Waals surface area contributed by atoms with Crippen LogP contribution in [-0.4, -0.2) is 62.2 Å². The molecule has 2 saturated heterocycles. The number of hydrogen-bond donors (Lipinski definition) is 1. The first-order valence-electron chi connectivity index (χ1n) is 11.4. The van der Waals surface area contributed by atoms with Crippen LogP contribution < -0.4 is 10.2 Å². The fourth-order valence-electron chi connectivity index (χ4n) is 4.77. The lowest BCUT2D eigenvalue weighted by Gasteiger charge is -2.38. The number of aryl methyl sites for hydroxylation is 2. The molecule has 1 N–H and O–H groups in total. The molecule has 2 aliphatic heterocycles. The minimum atomic E-state index is -3.49. The number of halogens is 1. The van der Waals surface area contributed by atoms with Crippen molar-refractivity contribution in [2.24, 2.45) is 0 Å². The summed E-state index contributed by atoms with van der Waals surface area (Å²) < 4.78 is 37.7. The normalized spacial score (nSPS) is 19.9. The number of rotatable bonds is 6. The third-order valence-electron chi connectivity index (χ3n) is 6.66. The number of carbonyl (C=O) groups is 1. The summed E-state index contributed by atoms with van der Waals surface area (Å²) in [5.74, 6) is 0.321. The van der Waals surface area contributed by atoms with E-state index in [4.69, 9.17) is 0 Å². The Labute approximate surface area is 194 Å². The number of hydrogen-bond acceptors (Lipinski definition) is 6. The third kappa shape index (κ3) is 4.98. The zero-order valence-electron chi connectivity index (χ0n) is 19.3. The fourth-order valence-corrected chi connectivity index (χ4v) is 5.40. The van der Waals surface area contributed by atoms with Crippen LogP contribution in [0.4, 0.5) is 15.9 Å². The van der Waals surface area contributed by atoms with Gasteiger partial charge in [-0.25, -0.2) is 17.8 Å². The number of amides is 1. The van der Waals surface area contributed by atoms with Crippen LogP contribution in [0.3, 0.4) is 0 Å². The highest BCUT2D eigenvalue weighted by Gasteiger charge is 2.37. The van der Waals surface area contributed by atoms with Crippen molar-refractivity contribution in [3.63, 3.8) is 0 Å². The van der Waals surface area contributed by atoms with Gasteiger partial charge in [-0.1, -0.05) is 13.0 Å². The van der Waals surface area contributed by atoms with Gasteiger partial charge >= 0.3 is 0 Å². The van der Waals surface area contributed by atoms with Gasteiger partial charge in [0.05, 0.1) is 10.6 Å². The van der Waals surface area contributed by atoms with E-state index < -0.39 is 21.7 Å². The number of aromatic nitrogens is 1. The van der Waals surface area contributed by atoms with Gasteiger partial charge in [0.2, 0.25) is 5.91 Å². The van der Waals surface area contributed by atoms with Gasteiger partial charge in [0.1, 0.15) is 17.7 Å². The van der Waals surface area contributed by atoms with E-state index in [-0.39, 0.29) is 22.5 Å². The highest BCUT2D eigenvalue weighted by molar-refractivity contribution is 7.90. The molecule has 2 fully saturated rings. The lowest BCUT2D eigenvalue weighted by molar-refractivity contribution is -0.130. The number of nitrogens with zero attached hydrogens (tertiary/aromatic N) is 3. The van der Waals surface area contributed by atoms with Crippen LogP contribution in [0.2, 0.25) is 0 Å². The van der Waals surface area contributed by atoms with E-state index in [9.17, 15) is 17.6 Å². The van der Waals surface area contributed by atoms with Crippen molar-refractivity contribution in [2.45, 2.75) is 56.5 Å². The van der Waals surface area contributed by atoms with Gasteiger partial charge in [0, 0.05) is 38.1 Å². The van der Waals surface area contributed by atoms with E-state index >= 15 is 0 Å². The molecule has 0 bridgehead atoms. The molecule has 0 aliphatic carbocycles. The Kier molecular flexibility index (Phi) is 6.61. The summed E-state index contributed by atoms with van der Waals surface area (Å²) in [5, 5.41) is 2.98. The first kappa shape index (κ1) is 23.5. The summed E-state index contributed by atoms with van der Waals surface area (Å²) >= 11 is 0. The largest absolute Gasteiger partial charge is 0.371 e. The Morgan fingerprint density at radius 1 is 1.15 bits per heavy atom. The van der Waals surface area contributed by atoms with Gasteiger partial charge in [-0.05, 0) is 61.9 Å². The smallest absolute Gasteiger partial charge is 0.245 e. The molecule has 1 amide bonds. The van der Waals surface area contributed by atoms with E-state index in [1.54, 1.807) is 0 Å². The molecular formula is C24H31FN4O3S. The summed E-state index contributed by atoms with van der Waals surface area (Å²) in [6.45, 7) is 6.53. The van der Waals surface area contributed by atoms with Crippen molar-refractivity contribution < 1.29 is 17.6 Å². The lowest BCUT2D eigenvalue weighted by atomic mass is 10.0. The summed E-state index contributed by atoms with van der Waals surface area (Å²) in [7, 11) is -3.49. The van der Waals surface area contributed by atoms with Gasteiger partial charge in [-0.2, -0.15) is 0 Å². The van der Waals surface area contributed by atoms with Crippen LogP contribution in [-0.2, 0) is 21.1 Å². The SMILES string of the molecule is CCc1cnc(N2CCC(N3CC[C@H](Nc4ccc(S(C)(=O)=O)cc4F)C3=O)CC2)c(C)c1. The quantitative estimate of drug-likeness (QED) is 0.693. The molecule has 3 heterocycles. The maximum atomic E-state index is 14.4. The Balaban J connectivity index is 1.36. The average molecular weight is 475 g/mol. The minimum Gasteiger partial charge on any atom is -0.371 e. The predicted octanol–water partition coefficient (Wildman–Crippen LogP) is 3.18. The number of pyridine rings is 1. The Morgan fingerprint density at radius 3 is 2.48 bits per heavy atom. The van der Waals surface area contributed by atoms with E-state index in [0.717, 1.165) is 50.5 Å². The van der Waals surface area contributed by atoms with E-state index in [0.29, 0.717) is 13.0 Å². The molecule has 0 radical (unpaired) electrons. The molecule has 33 heavy (non-hydrogen) atoms. The number of sulfone groups is 1. The van der Waals surface area contributed by atoms with Crippen molar-refractivity contribution in [3.05, 3.63) is 47.4 Å². The van der Waals surface area contributed by atoms with Crippen LogP contribution in [0.25, 0.3) is 0 Å². The average Bonchev–Trinajstić information content (AvgIpc) is 3.14. The monoisotopic (exact) mass is 474 g/mol. The molecule has 0 saturated carbocycles. The number of likely N-dealkylation sites (tertiary alicyclic amines) is 1. The second-order valence-corrected chi connectivity index (χ2v) is 11.0. The molecule has 9 heteroatoms. The molecule has 1 atom stereocenters. The van der Waals surface area contributed by atoms with Crippen LogP contribution in [0.1, 0.15) is 37.3 Å². The summed E-state index contributed by atoms with van der Waals surface area (Å²) in [6, 6.07) is 5.58. The first-order valence-corrected chi connectivity index (χ1v) is 13.3. The predicted molar refractivity (Wildman–Crippen MR) is 127 cm³/mol. The maximum absolute atomic E-state index is 14.4. The standard InChI is InChI=1S/C24H31FN4O3S/c1-4-17-13-16(2)23(26-15-17)28-10-7-18(8-11-28)29-12-9-22(24(29)30)27-21-6-5-19(14-20(21)25)33(3,31)32/h5-6,13-15,18,22,27H,4,7-12H2,1-3H3/t22-/m0/s1. The summed E-state index contributed by atoms with van der Waals surface area (Å²) in [6.07, 6.45) is 6.27. The third-order valence-corrected chi connectivity index (χ3v) is 7.77. The van der Waals surface area contributed by atoms with Crippen molar-refractivity contribution in [1.82, 2.24) is 9.88 Å². The highest BCUT2D eigenvalue weighted by Crippen LogP contribution is 2.28. The Bertz CT molecular complexity index is 1150. The Hall–Kier alpha value is -2.68. The fraction of sp³-hybridized carbons (Fsp3) is 0.500. The van der Waals surface area contributed by atoms with Crippen LogP contribution in [0.5, 0.6) is 0 Å². The molecule has 0 unspecified atom stereocenters. The minimum absolute atomic E-state index is 0.0263. The van der Waals surface area contributed by atoms with Gasteiger partial charge in [0.15, 0.2) is 9.84 Å². The van der Waals surface area contributed by atoms with Crippen molar-refractivity contribution in [2.75, 3.05) is 36.1 Å². The maximum Gasteiger partial charge on any atom is 0.245 e. The first-order chi connectivity index (χ1) is 15.7. The number of carbonyl (C=O) groups excluding carboxylic acids is 1. The molecule has 7 nitrogen and oxygen atoms in total.